The number of nitrogens with zero attached hydrogens (tertiary/aromatic N) is 2. The first kappa shape index (κ1) is 17.5. The van der Waals surface area contributed by atoms with Crippen molar-refractivity contribution in [3.8, 4) is 11.6 Å². The minimum atomic E-state index is 0.318. The molecule has 0 spiro atoms. The van der Waals surface area contributed by atoms with Crippen molar-refractivity contribution < 1.29 is 4.74 Å². The van der Waals surface area contributed by atoms with Gasteiger partial charge in [0.25, 0.3) is 0 Å². The Morgan fingerprint density at radius 3 is 2.40 bits per heavy atom. The van der Waals surface area contributed by atoms with Gasteiger partial charge >= 0.3 is 0 Å². The number of hydrogen-bond acceptors (Lipinski definition) is 4. The van der Waals surface area contributed by atoms with Crippen LogP contribution in [-0.2, 0) is 5.75 Å². The van der Waals surface area contributed by atoms with Crippen molar-refractivity contribution in [3.05, 3.63) is 77.5 Å². The van der Waals surface area contributed by atoms with Crippen LogP contribution in [0.25, 0.3) is 0 Å². The van der Waals surface area contributed by atoms with Gasteiger partial charge < -0.3 is 4.74 Å². The Morgan fingerprint density at radius 2 is 1.68 bits per heavy atom. The highest BCUT2D eigenvalue weighted by Crippen LogP contribution is 2.28. The predicted molar refractivity (Wildman–Crippen MR) is 103 cm³/mol. The lowest BCUT2D eigenvalue weighted by Gasteiger charge is -2.12. The second-order valence-electron chi connectivity index (χ2n) is 6.21. The van der Waals surface area contributed by atoms with Crippen molar-refractivity contribution in [1.29, 1.82) is 0 Å². The molecule has 4 heteroatoms. The monoisotopic (exact) mass is 350 g/mol. The molecule has 0 aliphatic carbocycles. The van der Waals surface area contributed by atoms with E-state index in [-0.39, 0.29) is 0 Å². The molecule has 3 nitrogen and oxygen atoms in total. The van der Waals surface area contributed by atoms with Crippen molar-refractivity contribution >= 4 is 11.8 Å². The van der Waals surface area contributed by atoms with Crippen molar-refractivity contribution in [1.82, 2.24) is 9.97 Å². The zero-order valence-corrected chi connectivity index (χ0v) is 15.6. The summed E-state index contributed by atoms with van der Waals surface area (Å²) >= 11 is 1.63. The number of thioether (sulfide) groups is 1. The van der Waals surface area contributed by atoms with Crippen LogP contribution in [0.1, 0.15) is 36.6 Å². The van der Waals surface area contributed by atoms with Gasteiger partial charge in [-0.3, -0.25) is 0 Å². The fourth-order valence-electron chi connectivity index (χ4n) is 2.34. The maximum absolute atomic E-state index is 6.03. The molecule has 1 aromatic heterocycles. The lowest BCUT2D eigenvalue weighted by molar-refractivity contribution is 0.449. The summed E-state index contributed by atoms with van der Waals surface area (Å²) in [7, 11) is 0. The lowest BCUT2D eigenvalue weighted by atomic mass is 10.1. The van der Waals surface area contributed by atoms with Crippen molar-refractivity contribution in [3.63, 3.8) is 0 Å². The molecule has 0 N–H and O–H groups in total. The molecule has 0 fully saturated rings. The molecule has 0 amide bonds. The average Bonchev–Trinajstić information content (AvgIpc) is 2.63. The normalized spacial score (nSPS) is 10.9. The first-order valence-electron chi connectivity index (χ1n) is 8.41. The van der Waals surface area contributed by atoms with E-state index in [2.05, 4.69) is 35.9 Å². The zero-order valence-electron chi connectivity index (χ0n) is 14.8. The molecule has 0 atom stereocenters. The number of aryl methyl sites for hydroxylation is 1. The molecule has 0 radical (unpaired) electrons. The summed E-state index contributed by atoms with van der Waals surface area (Å²) in [6.07, 6.45) is 0. The Kier molecular flexibility index (Phi) is 5.71. The first-order chi connectivity index (χ1) is 12.1. The third kappa shape index (κ3) is 4.83. The number of para-hydroxylation sites is 1. The quantitative estimate of drug-likeness (QED) is 0.404. The molecule has 25 heavy (non-hydrogen) atoms. The maximum atomic E-state index is 6.03. The van der Waals surface area contributed by atoms with Gasteiger partial charge in [-0.25, -0.2) is 4.98 Å². The molecule has 2 aromatic carbocycles. The highest BCUT2D eigenvalue weighted by molar-refractivity contribution is 7.98. The van der Waals surface area contributed by atoms with Crippen molar-refractivity contribution in [2.45, 2.75) is 37.6 Å². The molecule has 0 saturated carbocycles. The van der Waals surface area contributed by atoms with Gasteiger partial charge in [-0.05, 0) is 30.0 Å². The van der Waals surface area contributed by atoms with E-state index in [0.29, 0.717) is 11.8 Å². The van der Waals surface area contributed by atoms with Crippen LogP contribution in [0.4, 0.5) is 0 Å². The Hall–Kier alpha value is -2.33. The van der Waals surface area contributed by atoms with Gasteiger partial charge in [0.2, 0.25) is 5.88 Å². The van der Waals surface area contributed by atoms with Crippen LogP contribution in [0.2, 0.25) is 0 Å². The number of ether oxygens (including phenoxy) is 1. The second-order valence-corrected chi connectivity index (χ2v) is 7.15. The molecule has 3 rings (SSSR count). The molecule has 0 aliphatic rings. The molecule has 128 valence electrons. The van der Waals surface area contributed by atoms with E-state index in [9.17, 15) is 0 Å². The number of benzene rings is 2. The summed E-state index contributed by atoms with van der Waals surface area (Å²) in [6, 6.07) is 20.3. The molecular weight excluding hydrogens is 328 g/mol. The summed E-state index contributed by atoms with van der Waals surface area (Å²) in [5.74, 6) is 2.59. The van der Waals surface area contributed by atoms with E-state index in [4.69, 9.17) is 4.74 Å². The summed E-state index contributed by atoms with van der Waals surface area (Å²) in [4.78, 5) is 9.28. The van der Waals surface area contributed by atoms with Crippen LogP contribution < -0.4 is 4.74 Å². The van der Waals surface area contributed by atoms with E-state index >= 15 is 0 Å². The van der Waals surface area contributed by atoms with Crippen LogP contribution >= 0.6 is 11.8 Å². The zero-order chi connectivity index (χ0) is 17.6. The molecule has 3 aromatic rings. The van der Waals surface area contributed by atoms with E-state index < -0.39 is 0 Å². The topological polar surface area (TPSA) is 35.0 Å². The predicted octanol–water partition coefficient (Wildman–Crippen LogP) is 5.99. The standard InChI is InChI=1S/C21H22N2OS/c1-15(2)18-13-20(24-19-12-8-7-9-16(19)3)23-21(22-18)25-14-17-10-5-4-6-11-17/h4-13,15H,14H2,1-3H3. The number of hydrogen-bond donors (Lipinski definition) is 0. The molecule has 0 saturated heterocycles. The SMILES string of the molecule is Cc1ccccc1Oc1cc(C(C)C)nc(SCc2ccccc2)n1. The van der Waals surface area contributed by atoms with Gasteiger partial charge in [0.15, 0.2) is 5.16 Å². The van der Waals surface area contributed by atoms with E-state index in [1.807, 2.05) is 55.5 Å². The maximum Gasteiger partial charge on any atom is 0.223 e. The highest BCUT2D eigenvalue weighted by atomic mass is 32.2. The van der Waals surface area contributed by atoms with E-state index in [1.165, 1.54) is 5.56 Å². The summed E-state index contributed by atoms with van der Waals surface area (Å²) < 4.78 is 6.03. The fourth-order valence-corrected chi connectivity index (χ4v) is 3.15. The molecule has 0 bridgehead atoms. The van der Waals surface area contributed by atoms with Crippen molar-refractivity contribution in [2.24, 2.45) is 0 Å². The summed E-state index contributed by atoms with van der Waals surface area (Å²) in [5, 5.41) is 0.749. The molecule has 1 heterocycles. The number of aromatic nitrogens is 2. The van der Waals surface area contributed by atoms with Gasteiger partial charge in [-0.2, -0.15) is 4.98 Å². The third-order valence-electron chi connectivity index (χ3n) is 3.81. The second kappa shape index (κ2) is 8.17. The van der Waals surface area contributed by atoms with Crippen LogP contribution in [0.5, 0.6) is 11.6 Å². The van der Waals surface area contributed by atoms with E-state index in [1.54, 1.807) is 11.8 Å². The summed E-state index contributed by atoms with van der Waals surface area (Å²) in [6.45, 7) is 6.29. The largest absolute Gasteiger partial charge is 0.439 e. The van der Waals surface area contributed by atoms with Gasteiger partial charge in [-0.1, -0.05) is 74.1 Å². The van der Waals surface area contributed by atoms with Crippen LogP contribution in [0.15, 0.2) is 65.8 Å². The third-order valence-corrected chi connectivity index (χ3v) is 4.73. The van der Waals surface area contributed by atoms with E-state index in [0.717, 1.165) is 27.9 Å². The molecule has 0 aliphatic heterocycles. The highest BCUT2D eigenvalue weighted by Gasteiger charge is 2.11. The van der Waals surface area contributed by atoms with Gasteiger partial charge in [0.1, 0.15) is 5.75 Å². The van der Waals surface area contributed by atoms with Crippen LogP contribution in [0, 0.1) is 6.92 Å². The molecular formula is C21H22N2OS. The smallest absolute Gasteiger partial charge is 0.223 e. The minimum absolute atomic E-state index is 0.318. The van der Waals surface area contributed by atoms with Crippen LogP contribution in [-0.4, -0.2) is 9.97 Å². The van der Waals surface area contributed by atoms with Gasteiger partial charge in [0.05, 0.1) is 5.69 Å². The lowest BCUT2D eigenvalue weighted by Crippen LogP contribution is -2.00. The molecule has 0 unspecified atom stereocenters. The Balaban J connectivity index is 1.83. The Morgan fingerprint density at radius 1 is 0.960 bits per heavy atom. The summed E-state index contributed by atoms with van der Waals surface area (Å²) in [5.41, 5.74) is 3.34. The first-order valence-corrected chi connectivity index (χ1v) is 9.39. The van der Waals surface area contributed by atoms with Gasteiger partial charge in [-0.15, -0.1) is 0 Å². The Bertz CT molecular complexity index is 834. The number of rotatable bonds is 6. The minimum Gasteiger partial charge on any atom is -0.439 e. The van der Waals surface area contributed by atoms with Crippen LogP contribution in [0.3, 0.4) is 0 Å². The Labute approximate surface area is 153 Å². The van der Waals surface area contributed by atoms with Gasteiger partial charge in [0, 0.05) is 11.8 Å². The average molecular weight is 350 g/mol. The fraction of sp³-hybridized carbons (Fsp3) is 0.238. The van der Waals surface area contributed by atoms with Crippen molar-refractivity contribution in [2.75, 3.05) is 0 Å².